The number of aliphatic hydroxyl groups excluding tert-OH is 1. The van der Waals surface area contributed by atoms with Crippen molar-refractivity contribution in [2.75, 3.05) is 6.61 Å². The SMILES string of the molecule is CC(O)COc1cccc2ccc3oc4c5ccccc5c(O)cc4c3c12. The Morgan fingerprint density at radius 2 is 1.74 bits per heavy atom. The van der Waals surface area contributed by atoms with E-state index in [4.69, 9.17) is 9.15 Å². The third-order valence-electron chi connectivity index (χ3n) is 4.90. The molecule has 0 saturated heterocycles. The third-order valence-corrected chi connectivity index (χ3v) is 4.90. The summed E-state index contributed by atoms with van der Waals surface area (Å²) >= 11 is 0. The van der Waals surface area contributed by atoms with Crippen molar-refractivity contribution >= 4 is 43.5 Å². The Kier molecular flexibility index (Phi) is 3.49. The Morgan fingerprint density at radius 3 is 2.56 bits per heavy atom. The summed E-state index contributed by atoms with van der Waals surface area (Å²) in [6, 6.07) is 19.2. The number of aliphatic hydroxyl groups is 1. The van der Waals surface area contributed by atoms with E-state index in [0.717, 1.165) is 43.5 Å². The molecule has 1 aromatic heterocycles. The van der Waals surface area contributed by atoms with E-state index >= 15 is 0 Å². The molecular weight excluding hydrogens is 340 g/mol. The fourth-order valence-corrected chi connectivity index (χ4v) is 3.74. The number of hydrogen-bond donors (Lipinski definition) is 2. The van der Waals surface area contributed by atoms with Gasteiger partial charge in [0.2, 0.25) is 0 Å². The van der Waals surface area contributed by atoms with Gasteiger partial charge in [-0.15, -0.1) is 0 Å². The first-order valence-electron chi connectivity index (χ1n) is 8.93. The van der Waals surface area contributed by atoms with Gasteiger partial charge < -0.3 is 19.4 Å². The Bertz CT molecular complexity index is 1310. The highest BCUT2D eigenvalue weighted by atomic mass is 16.5. The van der Waals surface area contributed by atoms with Gasteiger partial charge >= 0.3 is 0 Å². The van der Waals surface area contributed by atoms with E-state index in [1.807, 2.05) is 54.6 Å². The molecule has 0 saturated carbocycles. The van der Waals surface area contributed by atoms with Crippen LogP contribution >= 0.6 is 0 Å². The molecule has 4 nitrogen and oxygen atoms in total. The first-order valence-corrected chi connectivity index (χ1v) is 8.93. The molecule has 0 aliphatic carbocycles. The lowest BCUT2D eigenvalue weighted by Gasteiger charge is -2.11. The van der Waals surface area contributed by atoms with Crippen LogP contribution in [0.25, 0.3) is 43.5 Å². The topological polar surface area (TPSA) is 62.8 Å². The van der Waals surface area contributed by atoms with Gasteiger partial charge in [-0.2, -0.15) is 0 Å². The van der Waals surface area contributed by atoms with Gasteiger partial charge in [0.1, 0.15) is 29.3 Å². The smallest absolute Gasteiger partial charge is 0.143 e. The molecule has 5 rings (SSSR count). The molecule has 0 aliphatic rings. The zero-order chi connectivity index (χ0) is 18.5. The van der Waals surface area contributed by atoms with E-state index < -0.39 is 6.10 Å². The number of furan rings is 1. The number of phenols is 1. The number of benzene rings is 4. The minimum Gasteiger partial charge on any atom is -0.507 e. The molecule has 2 N–H and O–H groups in total. The maximum absolute atomic E-state index is 10.6. The molecule has 134 valence electrons. The third kappa shape index (κ3) is 2.41. The van der Waals surface area contributed by atoms with E-state index in [1.54, 1.807) is 13.0 Å². The van der Waals surface area contributed by atoms with Crippen molar-refractivity contribution in [3.63, 3.8) is 0 Å². The molecule has 0 amide bonds. The van der Waals surface area contributed by atoms with Crippen molar-refractivity contribution < 1.29 is 19.4 Å². The van der Waals surface area contributed by atoms with Crippen molar-refractivity contribution in [3.05, 3.63) is 60.7 Å². The number of phenolic OH excluding ortho intramolecular Hbond substituents is 1. The predicted octanol–water partition coefficient (Wildman–Crippen LogP) is 5.36. The quantitative estimate of drug-likeness (QED) is 0.456. The van der Waals surface area contributed by atoms with Crippen LogP contribution in [0.15, 0.2) is 65.1 Å². The van der Waals surface area contributed by atoms with E-state index in [1.165, 1.54) is 0 Å². The Morgan fingerprint density at radius 1 is 0.926 bits per heavy atom. The minimum atomic E-state index is -0.562. The molecule has 1 atom stereocenters. The highest BCUT2D eigenvalue weighted by Gasteiger charge is 2.17. The summed E-state index contributed by atoms with van der Waals surface area (Å²) in [5, 5.41) is 25.5. The number of aromatic hydroxyl groups is 1. The zero-order valence-electron chi connectivity index (χ0n) is 14.8. The number of fused-ring (bicyclic) bond motifs is 7. The molecule has 4 aromatic carbocycles. The van der Waals surface area contributed by atoms with E-state index in [9.17, 15) is 10.2 Å². The van der Waals surface area contributed by atoms with Crippen LogP contribution in [0.3, 0.4) is 0 Å². The molecule has 0 aliphatic heterocycles. The van der Waals surface area contributed by atoms with Crippen molar-refractivity contribution in [2.24, 2.45) is 0 Å². The lowest BCUT2D eigenvalue weighted by atomic mass is 10.0. The van der Waals surface area contributed by atoms with Gasteiger partial charge in [-0.1, -0.05) is 42.5 Å². The monoisotopic (exact) mass is 358 g/mol. The maximum atomic E-state index is 10.6. The van der Waals surface area contributed by atoms with Crippen molar-refractivity contribution in [2.45, 2.75) is 13.0 Å². The Hall–Kier alpha value is -3.24. The second kappa shape index (κ2) is 5.89. The van der Waals surface area contributed by atoms with Crippen molar-refractivity contribution in [1.82, 2.24) is 0 Å². The lowest BCUT2D eigenvalue weighted by Crippen LogP contribution is -2.12. The summed E-state index contributed by atoms with van der Waals surface area (Å²) in [5.74, 6) is 0.912. The number of hydrogen-bond acceptors (Lipinski definition) is 4. The predicted molar refractivity (Wildman–Crippen MR) is 108 cm³/mol. The molecule has 0 radical (unpaired) electrons. The molecule has 0 bridgehead atoms. The van der Waals surface area contributed by atoms with Gasteiger partial charge in [0.15, 0.2) is 0 Å². The van der Waals surface area contributed by atoms with Crippen LogP contribution < -0.4 is 4.74 Å². The summed E-state index contributed by atoms with van der Waals surface area (Å²) in [4.78, 5) is 0. The van der Waals surface area contributed by atoms with Gasteiger partial charge in [0.05, 0.1) is 6.10 Å². The highest BCUT2D eigenvalue weighted by molar-refractivity contribution is 6.25. The summed E-state index contributed by atoms with van der Waals surface area (Å²) in [5.41, 5.74) is 1.48. The first kappa shape index (κ1) is 16.0. The number of ether oxygens (including phenoxy) is 1. The van der Waals surface area contributed by atoms with Crippen LogP contribution in [0.5, 0.6) is 11.5 Å². The van der Waals surface area contributed by atoms with Gasteiger partial charge in [-0.05, 0) is 30.5 Å². The average Bonchev–Trinajstić information content (AvgIpc) is 3.05. The standard InChI is InChI=1S/C23H18O4/c1-13(24)12-26-19-8-4-5-14-9-10-20-22(21(14)19)17-11-18(25)15-6-2-3-7-16(15)23(17)27-20/h2-11,13,24-25H,12H2,1H3. The maximum Gasteiger partial charge on any atom is 0.143 e. The molecule has 0 spiro atoms. The summed E-state index contributed by atoms with van der Waals surface area (Å²) in [7, 11) is 0. The van der Waals surface area contributed by atoms with Gasteiger partial charge in [0.25, 0.3) is 0 Å². The molecule has 0 fully saturated rings. The Labute approximate surface area is 155 Å². The van der Waals surface area contributed by atoms with Gasteiger partial charge in [-0.3, -0.25) is 0 Å². The minimum absolute atomic E-state index is 0.208. The van der Waals surface area contributed by atoms with E-state index in [0.29, 0.717) is 5.75 Å². The molecular formula is C23H18O4. The van der Waals surface area contributed by atoms with Crippen LogP contribution in [-0.4, -0.2) is 22.9 Å². The van der Waals surface area contributed by atoms with Crippen LogP contribution in [0.4, 0.5) is 0 Å². The van der Waals surface area contributed by atoms with Crippen LogP contribution in [0, 0.1) is 0 Å². The van der Waals surface area contributed by atoms with E-state index in [2.05, 4.69) is 0 Å². The molecule has 1 heterocycles. The fourth-order valence-electron chi connectivity index (χ4n) is 3.74. The highest BCUT2D eigenvalue weighted by Crippen LogP contribution is 2.43. The summed E-state index contributed by atoms with van der Waals surface area (Å²) in [6.45, 7) is 1.90. The van der Waals surface area contributed by atoms with Crippen LogP contribution in [-0.2, 0) is 0 Å². The lowest BCUT2D eigenvalue weighted by molar-refractivity contribution is 0.123. The molecule has 1 unspecified atom stereocenters. The van der Waals surface area contributed by atoms with Crippen molar-refractivity contribution in [3.8, 4) is 11.5 Å². The van der Waals surface area contributed by atoms with Gasteiger partial charge in [0, 0.05) is 26.9 Å². The second-order valence-electron chi connectivity index (χ2n) is 6.87. The van der Waals surface area contributed by atoms with Crippen LogP contribution in [0.2, 0.25) is 0 Å². The van der Waals surface area contributed by atoms with Crippen molar-refractivity contribution in [1.29, 1.82) is 0 Å². The molecule has 27 heavy (non-hydrogen) atoms. The normalized spacial score (nSPS) is 13.0. The average molecular weight is 358 g/mol. The second-order valence-corrected chi connectivity index (χ2v) is 6.87. The summed E-state index contributed by atoms with van der Waals surface area (Å²) < 4.78 is 12.1. The summed E-state index contributed by atoms with van der Waals surface area (Å²) in [6.07, 6.45) is -0.562. The van der Waals surface area contributed by atoms with E-state index in [-0.39, 0.29) is 12.4 Å². The first-order chi connectivity index (χ1) is 13.1. The number of rotatable bonds is 3. The van der Waals surface area contributed by atoms with Crippen LogP contribution in [0.1, 0.15) is 6.92 Å². The largest absolute Gasteiger partial charge is 0.507 e. The molecule has 5 aromatic rings. The molecule has 4 heteroatoms. The fraction of sp³-hybridized carbons (Fsp3) is 0.130. The zero-order valence-corrected chi connectivity index (χ0v) is 14.8. The van der Waals surface area contributed by atoms with Gasteiger partial charge in [-0.25, -0.2) is 0 Å². The Balaban J connectivity index is 1.93.